The molecule has 2 saturated heterocycles. The Kier molecular flexibility index (Phi) is 8.16. The summed E-state index contributed by atoms with van der Waals surface area (Å²) in [5, 5.41) is 26.4. The molecule has 2 aromatic rings. The first-order chi connectivity index (χ1) is 18.8. The summed E-state index contributed by atoms with van der Waals surface area (Å²) >= 11 is 0. The molecule has 1 unspecified atom stereocenters. The number of aromatic hydroxyl groups is 1. The predicted molar refractivity (Wildman–Crippen MR) is 140 cm³/mol. The second kappa shape index (κ2) is 11.4. The molecule has 0 radical (unpaired) electrons. The SMILES string of the molecule is CON=C(C)c1c(O)c2ccc(O[C@H]3OC4(CCCC4)[C@@H](OC)[C@H](O)[C@@H]3OC3CCCCO3)c(C)c2oc1=O. The van der Waals surface area contributed by atoms with Crippen LogP contribution in [0, 0.1) is 6.92 Å². The van der Waals surface area contributed by atoms with Gasteiger partial charge < -0.3 is 43.2 Å². The maximum absolute atomic E-state index is 12.8. The van der Waals surface area contributed by atoms with Crippen molar-refractivity contribution in [2.24, 2.45) is 5.16 Å². The fraction of sp³-hybridized carbons (Fsp3) is 0.643. The molecule has 0 amide bonds. The van der Waals surface area contributed by atoms with E-state index in [1.54, 1.807) is 33.1 Å². The highest BCUT2D eigenvalue weighted by Gasteiger charge is 2.57. The Balaban J connectivity index is 1.51. The van der Waals surface area contributed by atoms with Gasteiger partial charge in [0, 0.05) is 19.3 Å². The van der Waals surface area contributed by atoms with Crippen LogP contribution >= 0.6 is 0 Å². The van der Waals surface area contributed by atoms with Gasteiger partial charge in [-0.1, -0.05) is 18.0 Å². The van der Waals surface area contributed by atoms with Gasteiger partial charge in [-0.15, -0.1) is 0 Å². The lowest BCUT2D eigenvalue weighted by Crippen LogP contribution is -2.66. The maximum Gasteiger partial charge on any atom is 0.349 e. The van der Waals surface area contributed by atoms with Gasteiger partial charge in [0.15, 0.2) is 12.4 Å². The normalized spacial score (nSPS) is 29.2. The Morgan fingerprint density at radius 3 is 2.59 bits per heavy atom. The molecule has 2 N–H and O–H groups in total. The van der Waals surface area contributed by atoms with Crippen molar-refractivity contribution >= 4 is 16.7 Å². The van der Waals surface area contributed by atoms with Crippen molar-refractivity contribution in [1.82, 2.24) is 0 Å². The molecule has 2 aliphatic heterocycles. The molecule has 1 spiro atoms. The van der Waals surface area contributed by atoms with E-state index in [4.69, 9.17) is 32.9 Å². The minimum absolute atomic E-state index is 0.0779. The van der Waals surface area contributed by atoms with E-state index in [2.05, 4.69) is 5.16 Å². The minimum Gasteiger partial charge on any atom is -0.506 e. The van der Waals surface area contributed by atoms with Crippen LogP contribution in [0.4, 0.5) is 0 Å². The van der Waals surface area contributed by atoms with Gasteiger partial charge in [0.1, 0.15) is 47.6 Å². The highest BCUT2D eigenvalue weighted by molar-refractivity contribution is 6.04. The fourth-order valence-corrected chi connectivity index (χ4v) is 6.09. The summed E-state index contributed by atoms with van der Waals surface area (Å²) < 4.78 is 36.4. The molecule has 3 fully saturated rings. The fourth-order valence-electron chi connectivity index (χ4n) is 6.09. The number of hydrogen-bond donors (Lipinski definition) is 2. The standard InChI is InChI=1S/C28H37NO10/c1-15-18(11-10-17-21(30)20(16(2)29-34-4)26(32)38-23(15)17)36-27-24(37-19-9-5-8-14-35-19)22(31)25(33-3)28(39-27)12-6-7-13-28/h10-11,19,22,24-25,27,30-31H,5-9,12-14H2,1-4H3/t19?,22-,24+,25+,27+/m1/s1. The van der Waals surface area contributed by atoms with Crippen LogP contribution in [0.15, 0.2) is 26.5 Å². The van der Waals surface area contributed by atoms with Crippen LogP contribution in [0.1, 0.15) is 63.0 Å². The van der Waals surface area contributed by atoms with Gasteiger partial charge in [0.2, 0.25) is 6.29 Å². The van der Waals surface area contributed by atoms with E-state index in [0.29, 0.717) is 29.7 Å². The van der Waals surface area contributed by atoms with Gasteiger partial charge in [-0.3, -0.25) is 0 Å². The van der Waals surface area contributed by atoms with Crippen molar-refractivity contribution in [3.63, 3.8) is 0 Å². The van der Waals surface area contributed by atoms with Crippen LogP contribution < -0.4 is 10.4 Å². The monoisotopic (exact) mass is 547 g/mol. The van der Waals surface area contributed by atoms with Crippen molar-refractivity contribution < 1.29 is 43.2 Å². The van der Waals surface area contributed by atoms with Gasteiger partial charge >= 0.3 is 5.63 Å². The van der Waals surface area contributed by atoms with Crippen molar-refractivity contribution in [1.29, 1.82) is 0 Å². The molecule has 214 valence electrons. The summed E-state index contributed by atoms with van der Waals surface area (Å²) in [5.41, 5.74) is -0.717. The molecule has 5 rings (SSSR count). The first kappa shape index (κ1) is 27.9. The number of oxime groups is 1. The van der Waals surface area contributed by atoms with Gasteiger partial charge in [-0.25, -0.2) is 4.79 Å². The van der Waals surface area contributed by atoms with E-state index in [1.165, 1.54) is 7.11 Å². The number of aliphatic hydroxyl groups is 1. The Hall–Kier alpha value is -2.70. The topological polar surface area (TPSA) is 138 Å². The van der Waals surface area contributed by atoms with E-state index in [1.807, 2.05) is 0 Å². The average Bonchev–Trinajstić information content (AvgIpc) is 3.38. The number of benzene rings is 1. The number of rotatable bonds is 7. The molecule has 11 heteroatoms. The van der Waals surface area contributed by atoms with Crippen LogP contribution in [-0.4, -0.2) is 73.2 Å². The summed E-state index contributed by atoms with van der Waals surface area (Å²) in [7, 11) is 2.92. The molecule has 5 atom stereocenters. The van der Waals surface area contributed by atoms with Crippen molar-refractivity contribution in [2.45, 2.75) is 95.3 Å². The summed E-state index contributed by atoms with van der Waals surface area (Å²) in [4.78, 5) is 17.5. The quantitative estimate of drug-likeness (QED) is 0.301. The molecule has 3 aliphatic rings. The summed E-state index contributed by atoms with van der Waals surface area (Å²) in [6.45, 7) is 3.85. The highest BCUT2D eigenvalue weighted by atomic mass is 16.7. The van der Waals surface area contributed by atoms with Crippen molar-refractivity contribution in [3.8, 4) is 11.5 Å². The summed E-state index contributed by atoms with van der Waals surface area (Å²) in [6, 6.07) is 3.26. The third kappa shape index (κ3) is 5.14. The Morgan fingerprint density at radius 2 is 1.92 bits per heavy atom. The maximum atomic E-state index is 12.8. The third-order valence-corrected chi connectivity index (χ3v) is 8.02. The van der Waals surface area contributed by atoms with Gasteiger partial charge in [0.05, 0.1) is 11.1 Å². The number of fused-ring (bicyclic) bond motifs is 1. The summed E-state index contributed by atoms with van der Waals surface area (Å²) in [5.74, 6) is 0.0986. The third-order valence-electron chi connectivity index (χ3n) is 8.02. The van der Waals surface area contributed by atoms with E-state index in [9.17, 15) is 15.0 Å². The lowest BCUT2D eigenvalue weighted by atomic mass is 9.85. The number of aryl methyl sites for hydroxylation is 1. The van der Waals surface area contributed by atoms with E-state index in [0.717, 1.165) is 38.5 Å². The lowest BCUT2D eigenvalue weighted by molar-refractivity contribution is -0.345. The molecule has 1 aliphatic carbocycles. The number of aliphatic hydroxyl groups excluding tert-OH is 1. The second-order valence-corrected chi connectivity index (χ2v) is 10.5. The van der Waals surface area contributed by atoms with Gasteiger partial charge in [-0.2, -0.15) is 0 Å². The van der Waals surface area contributed by atoms with Crippen molar-refractivity contribution in [3.05, 3.63) is 33.7 Å². The zero-order valence-corrected chi connectivity index (χ0v) is 22.8. The molecule has 3 heterocycles. The predicted octanol–water partition coefficient (Wildman–Crippen LogP) is 3.51. The summed E-state index contributed by atoms with van der Waals surface area (Å²) in [6.07, 6.45) is 1.98. The Bertz CT molecular complexity index is 1260. The van der Waals surface area contributed by atoms with Crippen LogP contribution in [0.25, 0.3) is 11.0 Å². The highest BCUT2D eigenvalue weighted by Crippen LogP contribution is 2.45. The first-order valence-corrected chi connectivity index (χ1v) is 13.5. The molecule has 1 aromatic heterocycles. The second-order valence-electron chi connectivity index (χ2n) is 10.5. The van der Waals surface area contributed by atoms with Crippen LogP contribution in [0.3, 0.4) is 0 Å². The zero-order valence-electron chi connectivity index (χ0n) is 22.8. The molecule has 0 bridgehead atoms. The number of hydrogen-bond acceptors (Lipinski definition) is 11. The molecule has 1 aromatic carbocycles. The molecular formula is C28H37NO10. The first-order valence-electron chi connectivity index (χ1n) is 13.5. The minimum atomic E-state index is -1.02. The lowest BCUT2D eigenvalue weighted by Gasteiger charge is -2.50. The average molecular weight is 548 g/mol. The number of nitrogens with zero attached hydrogens (tertiary/aromatic N) is 1. The Labute approximate surface area is 226 Å². The molecule has 1 saturated carbocycles. The number of methoxy groups -OCH3 is 1. The molecule has 11 nitrogen and oxygen atoms in total. The Morgan fingerprint density at radius 1 is 1.15 bits per heavy atom. The van der Waals surface area contributed by atoms with Crippen LogP contribution in [0.2, 0.25) is 0 Å². The van der Waals surface area contributed by atoms with E-state index in [-0.39, 0.29) is 22.6 Å². The van der Waals surface area contributed by atoms with Gasteiger partial charge in [0.25, 0.3) is 0 Å². The smallest absolute Gasteiger partial charge is 0.349 e. The number of ether oxygens (including phenoxy) is 5. The van der Waals surface area contributed by atoms with Crippen molar-refractivity contribution in [2.75, 3.05) is 20.8 Å². The van der Waals surface area contributed by atoms with Crippen LogP contribution in [0.5, 0.6) is 11.5 Å². The largest absolute Gasteiger partial charge is 0.506 e. The van der Waals surface area contributed by atoms with Crippen LogP contribution in [-0.2, 0) is 23.8 Å². The molecule has 39 heavy (non-hydrogen) atoms. The molecular weight excluding hydrogens is 510 g/mol. The van der Waals surface area contributed by atoms with E-state index >= 15 is 0 Å². The van der Waals surface area contributed by atoms with E-state index < -0.39 is 42.1 Å². The zero-order chi connectivity index (χ0) is 27.7. The van der Waals surface area contributed by atoms with Gasteiger partial charge in [-0.05, 0) is 58.1 Å².